The molecule has 7 heavy (non-hydrogen) atoms. The Morgan fingerprint density at radius 3 is 1.86 bits per heavy atom. The van der Waals surface area contributed by atoms with Gasteiger partial charge in [-0.2, -0.15) is 0 Å². The summed E-state index contributed by atoms with van der Waals surface area (Å²) in [6.07, 6.45) is -4.75. The monoisotopic (exact) mass is 180 g/mol. The van der Waals surface area contributed by atoms with Crippen LogP contribution in [0.25, 0.3) is 0 Å². The van der Waals surface area contributed by atoms with Crippen molar-refractivity contribution in [1.82, 2.24) is 0 Å². The maximum atomic E-state index is 10.6. The van der Waals surface area contributed by atoms with Crippen molar-refractivity contribution < 1.29 is 36.7 Å². The van der Waals surface area contributed by atoms with Gasteiger partial charge in [-0.25, -0.2) is 0 Å². The molecule has 0 amide bonds. The van der Waals surface area contributed by atoms with E-state index in [4.69, 9.17) is 4.20 Å². The van der Waals surface area contributed by atoms with E-state index in [1.807, 2.05) is 0 Å². The van der Waals surface area contributed by atoms with E-state index in [0.717, 1.165) is 0 Å². The molecule has 0 bridgehead atoms. The van der Waals surface area contributed by atoms with Crippen LogP contribution in [-0.4, -0.2) is 6.36 Å². The van der Waals surface area contributed by atoms with Gasteiger partial charge in [0.25, 0.3) is 0 Å². The van der Waals surface area contributed by atoms with Crippen LogP contribution >= 0.6 is 0 Å². The highest BCUT2D eigenvalue weighted by Crippen LogP contribution is 2.14. The average molecular weight is 181 g/mol. The van der Waals surface area contributed by atoms with Crippen molar-refractivity contribution in [3.8, 4) is 0 Å². The second kappa shape index (κ2) is 2.49. The predicted molar refractivity (Wildman–Crippen MR) is 7.14 cm³/mol. The Morgan fingerprint density at radius 1 is 1.43 bits per heavy atom. The van der Waals surface area contributed by atoms with E-state index < -0.39 is 21.9 Å². The Bertz CT molecular complexity index is 51.4. The van der Waals surface area contributed by atoms with Gasteiger partial charge in [0, 0.05) is 0 Å². The van der Waals surface area contributed by atoms with Crippen molar-refractivity contribution in [3.63, 3.8) is 0 Å². The molecule has 0 radical (unpaired) electrons. The van der Waals surface area contributed by atoms with Crippen LogP contribution < -0.4 is 4.20 Å². The highest BCUT2D eigenvalue weighted by atomic mass is 79.9. The van der Waals surface area contributed by atoms with Crippen molar-refractivity contribution in [3.05, 3.63) is 0 Å². The Balaban J connectivity index is 3.15. The van der Waals surface area contributed by atoms with E-state index in [9.17, 15) is 13.2 Å². The average Bonchev–Trinajstić information content (AvgIpc) is 1.30. The molecule has 0 aliphatic rings. The second-order valence-electron chi connectivity index (χ2n) is 0.586. The molecule has 0 N–H and O–H groups in total. The van der Waals surface area contributed by atoms with Gasteiger partial charge in [0.05, 0.1) is 0 Å². The highest BCUT2D eigenvalue weighted by molar-refractivity contribution is 4.10. The fourth-order valence-corrected chi connectivity index (χ4v) is 0.186. The summed E-state index contributed by atoms with van der Waals surface area (Å²) < 4.78 is 43.7. The number of rotatable bonds is 1. The van der Waals surface area contributed by atoms with Crippen LogP contribution in [0.4, 0.5) is 13.2 Å². The van der Waals surface area contributed by atoms with Gasteiger partial charge < -0.3 is 4.20 Å². The van der Waals surface area contributed by atoms with Crippen molar-refractivity contribution in [2.45, 2.75) is 6.36 Å². The standard InChI is InChI=1S/CBrF3O2/c3-1(4,5)7-2-6. The minimum Gasteiger partial charge on any atom is -0.550 e. The van der Waals surface area contributed by atoms with E-state index in [-0.39, 0.29) is 0 Å². The molecule has 0 atom stereocenters. The number of hydrogen-bond acceptors (Lipinski definition) is 2. The number of halogens is 4. The lowest BCUT2D eigenvalue weighted by Crippen LogP contribution is -2.17. The van der Waals surface area contributed by atoms with E-state index in [1.54, 1.807) is 0 Å². The summed E-state index contributed by atoms with van der Waals surface area (Å²) in [6, 6.07) is 0. The van der Waals surface area contributed by atoms with Crippen LogP contribution in [0.15, 0.2) is 0 Å². The molecule has 0 aliphatic heterocycles. The topological polar surface area (TPSA) is 32.3 Å². The zero-order valence-electron chi connectivity index (χ0n) is 2.83. The SMILES string of the molecule is [O-][Br+]OC(F)(F)F. The van der Waals surface area contributed by atoms with Crippen LogP contribution in [0.5, 0.6) is 0 Å². The third kappa shape index (κ3) is 6.19. The first-order chi connectivity index (χ1) is 3.06. The van der Waals surface area contributed by atoms with Crippen molar-refractivity contribution in [2.24, 2.45) is 0 Å². The van der Waals surface area contributed by atoms with E-state index >= 15 is 0 Å². The van der Waals surface area contributed by atoms with E-state index in [2.05, 4.69) is 3.83 Å². The molecular weight excluding hydrogens is 181 g/mol. The van der Waals surface area contributed by atoms with Gasteiger partial charge in [-0.05, 0) is 3.83 Å². The third-order valence-electron chi connectivity index (χ3n) is 0.119. The first-order valence-corrected chi connectivity index (χ1v) is 2.37. The van der Waals surface area contributed by atoms with Crippen molar-refractivity contribution >= 4 is 0 Å². The van der Waals surface area contributed by atoms with E-state index in [0.29, 0.717) is 0 Å². The molecule has 0 aromatic carbocycles. The van der Waals surface area contributed by atoms with Gasteiger partial charge >= 0.3 is 21.9 Å². The summed E-state index contributed by atoms with van der Waals surface area (Å²) in [5.41, 5.74) is 0. The molecule has 0 aliphatic carbocycles. The molecule has 0 fully saturated rings. The van der Waals surface area contributed by atoms with E-state index in [1.165, 1.54) is 0 Å². The van der Waals surface area contributed by atoms with Gasteiger partial charge in [-0.15, -0.1) is 13.2 Å². The number of alkyl halides is 3. The maximum Gasteiger partial charge on any atom is 0.567 e. The molecule has 0 saturated heterocycles. The zero-order chi connectivity index (χ0) is 5.91. The first kappa shape index (κ1) is 7.19. The zero-order valence-corrected chi connectivity index (χ0v) is 4.41. The van der Waals surface area contributed by atoms with Crippen LogP contribution in [-0.2, 0) is 3.83 Å². The molecular formula is CBrF3O2. The van der Waals surface area contributed by atoms with Gasteiger partial charge in [-0.3, -0.25) is 0 Å². The Labute approximate surface area is 44.0 Å². The summed E-state index contributed by atoms with van der Waals surface area (Å²) in [5, 5.41) is 0. The lowest BCUT2D eigenvalue weighted by molar-refractivity contribution is -1.28. The van der Waals surface area contributed by atoms with Crippen LogP contribution in [0.1, 0.15) is 0 Å². The smallest absolute Gasteiger partial charge is 0.550 e. The molecule has 0 heterocycles. The first-order valence-electron chi connectivity index (χ1n) is 1.08. The summed E-state index contributed by atoms with van der Waals surface area (Å²) >= 11 is -1.79. The summed E-state index contributed by atoms with van der Waals surface area (Å²) in [5.74, 6) is 0. The van der Waals surface area contributed by atoms with Gasteiger partial charge in [0.15, 0.2) is 0 Å². The molecule has 6 heteroatoms. The Morgan fingerprint density at radius 2 is 1.86 bits per heavy atom. The fourth-order valence-electron chi connectivity index (χ4n) is 0.0357. The molecule has 0 aromatic heterocycles. The highest BCUT2D eigenvalue weighted by Gasteiger charge is 2.35. The second-order valence-corrected chi connectivity index (χ2v) is 1.17. The minimum absolute atomic E-state index is 1.79. The molecule has 0 unspecified atom stereocenters. The molecule has 0 spiro atoms. The largest absolute Gasteiger partial charge is 0.567 e. The molecule has 0 aromatic rings. The Hall–Kier alpha value is 0.190. The molecule has 2 nitrogen and oxygen atoms in total. The number of hydrogen-bond donors (Lipinski definition) is 0. The van der Waals surface area contributed by atoms with Gasteiger partial charge in [0.2, 0.25) is 0 Å². The quantitative estimate of drug-likeness (QED) is 0.560. The summed E-state index contributed by atoms with van der Waals surface area (Å²) in [4.78, 5) is 0. The summed E-state index contributed by atoms with van der Waals surface area (Å²) in [7, 11) is 0. The third-order valence-corrected chi connectivity index (χ3v) is 0.618. The van der Waals surface area contributed by atoms with Gasteiger partial charge in [0.1, 0.15) is 0 Å². The lowest BCUT2D eigenvalue weighted by Gasteiger charge is -1.91. The molecule has 0 rings (SSSR count). The minimum atomic E-state index is -4.75. The lowest BCUT2D eigenvalue weighted by atomic mass is 11.4. The van der Waals surface area contributed by atoms with Crippen LogP contribution in [0, 0.1) is 15.5 Å². The molecule has 44 valence electrons. The van der Waals surface area contributed by atoms with Crippen LogP contribution in [0.2, 0.25) is 0 Å². The Kier molecular flexibility index (Phi) is 2.55. The predicted octanol–water partition coefficient (Wildman–Crippen LogP) is -0.202. The van der Waals surface area contributed by atoms with Crippen molar-refractivity contribution in [2.75, 3.05) is 0 Å². The van der Waals surface area contributed by atoms with Crippen molar-refractivity contribution in [1.29, 1.82) is 0 Å². The normalized spacial score (nSPS) is 12.0. The van der Waals surface area contributed by atoms with Gasteiger partial charge in [-0.1, -0.05) is 0 Å². The summed E-state index contributed by atoms with van der Waals surface area (Å²) in [6.45, 7) is 0. The maximum absolute atomic E-state index is 10.6. The molecule has 0 saturated carbocycles. The fraction of sp³-hybridized carbons (Fsp3) is 1.00. The van der Waals surface area contributed by atoms with Crippen LogP contribution in [0.3, 0.4) is 0 Å².